The van der Waals surface area contributed by atoms with E-state index in [2.05, 4.69) is 5.32 Å². The van der Waals surface area contributed by atoms with Gasteiger partial charge < -0.3 is 10.2 Å². The van der Waals surface area contributed by atoms with Gasteiger partial charge in [0.15, 0.2) is 0 Å². The zero-order valence-corrected chi connectivity index (χ0v) is 8.36. The SMILES string of the molecule is O=C(NCPO)C(=O)c1ccccc1. The third-order valence-electron chi connectivity index (χ3n) is 1.57. The van der Waals surface area contributed by atoms with Crippen LogP contribution in [0.4, 0.5) is 0 Å². The molecule has 4 nitrogen and oxygen atoms in total. The third kappa shape index (κ3) is 2.91. The fraction of sp³-hybridized carbons (Fsp3) is 0.111. The van der Waals surface area contributed by atoms with Crippen molar-refractivity contribution in [3.05, 3.63) is 35.9 Å². The summed E-state index contributed by atoms with van der Waals surface area (Å²) < 4.78 is 0. The molecule has 0 bridgehead atoms. The summed E-state index contributed by atoms with van der Waals surface area (Å²) in [5.41, 5.74) is 0.353. The van der Waals surface area contributed by atoms with Crippen LogP contribution < -0.4 is 5.32 Å². The first kappa shape index (κ1) is 10.8. The van der Waals surface area contributed by atoms with E-state index in [1.54, 1.807) is 30.3 Å². The van der Waals surface area contributed by atoms with Crippen LogP contribution in [0.3, 0.4) is 0 Å². The van der Waals surface area contributed by atoms with Gasteiger partial charge in [-0.05, 0) is 0 Å². The summed E-state index contributed by atoms with van der Waals surface area (Å²) in [6, 6.07) is 8.29. The van der Waals surface area contributed by atoms with Crippen molar-refractivity contribution in [1.82, 2.24) is 5.32 Å². The molecule has 0 aliphatic heterocycles. The summed E-state index contributed by atoms with van der Waals surface area (Å²) in [7, 11) is -0.383. The molecule has 1 atom stereocenters. The van der Waals surface area contributed by atoms with E-state index < -0.39 is 11.7 Å². The van der Waals surface area contributed by atoms with Crippen LogP contribution in [0.1, 0.15) is 10.4 Å². The summed E-state index contributed by atoms with van der Waals surface area (Å²) in [5, 5.41) is 2.30. The highest BCUT2D eigenvalue weighted by atomic mass is 31.1. The highest BCUT2D eigenvalue weighted by molar-refractivity contribution is 7.31. The lowest BCUT2D eigenvalue weighted by Crippen LogP contribution is -2.30. The van der Waals surface area contributed by atoms with E-state index in [9.17, 15) is 9.59 Å². The Morgan fingerprint density at radius 2 is 1.93 bits per heavy atom. The summed E-state index contributed by atoms with van der Waals surface area (Å²) in [6.07, 6.45) is 0.122. The Morgan fingerprint density at radius 1 is 1.29 bits per heavy atom. The fourth-order valence-corrected chi connectivity index (χ4v) is 1.16. The first-order chi connectivity index (χ1) is 6.75. The Bertz CT molecular complexity index is 326. The van der Waals surface area contributed by atoms with E-state index in [-0.39, 0.29) is 15.1 Å². The number of carbonyl (C=O) groups excluding carboxylic acids is 2. The van der Waals surface area contributed by atoms with Gasteiger partial charge >= 0.3 is 0 Å². The van der Waals surface area contributed by atoms with Crippen LogP contribution in [-0.4, -0.2) is 22.9 Å². The second-order valence-corrected chi connectivity index (χ2v) is 3.21. The first-order valence-corrected chi connectivity index (χ1v) is 5.15. The Balaban J connectivity index is 2.62. The molecule has 0 radical (unpaired) electrons. The molecule has 0 aliphatic carbocycles. The van der Waals surface area contributed by atoms with Crippen LogP contribution in [-0.2, 0) is 4.79 Å². The number of nitrogens with one attached hydrogen (secondary N) is 1. The van der Waals surface area contributed by atoms with Crippen LogP contribution in [0.5, 0.6) is 0 Å². The Labute approximate surface area is 83.2 Å². The fourth-order valence-electron chi connectivity index (χ4n) is 0.921. The van der Waals surface area contributed by atoms with Crippen molar-refractivity contribution in [3.8, 4) is 0 Å². The van der Waals surface area contributed by atoms with E-state index >= 15 is 0 Å². The molecule has 5 heteroatoms. The number of amides is 1. The molecule has 1 unspecified atom stereocenters. The molecular formula is C9H10NO3P. The minimum Gasteiger partial charge on any atom is -0.375 e. The molecule has 0 saturated carbocycles. The van der Waals surface area contributed by atoms with Crippen LogP contribution in [0, 0.1) is 0 Å². The molecular weight excluding hydrogens is 201 g/mol. The van der Waals surface area contributed by atoms with Gasteiger partial charge in [0.1, 0.15) is 0 Å². The zero-order chi connectivity index (χ0) is 10.4. The second-order valence-electron chi connectivity index (χ2n) is 2.54. The molecule has 14 heavy (non-hydrogen) atoms. The lowest BCUT2D eigenvalue weighted by Gasteiger charge is -2.01. The van der Waals surface area contributed by atoms with E-state index in [4.69, 9.17) is 4.89 Å². The van der Waals surface area contributed by atoms with E-state index in [0.717, 1.165) is 0 Å². The zero-order valence-electron chi connectivity index (χ0n) is 7.36. The Kier molecular flexibility index (Phi) is 4.23. The van der Waals surface area contributed by atoms with Crippen molar-refractivity contribution in [3.63, 3.8) is 0 Å². The normalized spacial score (nSPS) is 10.4. The van der Waals surface area contributed by atoms with Crippen molar-refractivity contribution >= 4 is 20.5 Å². The maximum atomic E-state index is 11.4. The lowest BCUT2D eigenvalue weighted by atomic mass is 10.1. The van der Waals surface area contributed by atoms with Gasteiger partial charge in [-0.15, -0.1) is 0 Å². The van der Waals surface area contributed by atoms with Crippen molar-refractivity contribution in [2.24, 2.45) is 0 Å². The lowest BCUT2D eigenvalue weighted by molar-refractivity contribution is -0.116. The molecule has 0 aromatic heterocycles. The van der Waals surface area contributed by atoms with Crippen molar-refractivity contribution < 1.29 is 14.5 Å². The van der Waals surface area contributed by atoms with Crippen molar-refractivity contribution in [1.29, 1.82) is 0 Å². The monoisotopic (exact) mass is 211 g/mol. The molecule has 0 heterocycles. The first-order valence-electron chi connectivity index (χ1n) is 4.00. The number of ketones is 1. The van der Waals surface area contributed by atoms with Crippen molar-refractivity contribution in [2.75, 3.05) is 6.29 Å². The van der Waals surface area contributed by atoms with E-state index in [1.165, 1.54) is 0 Å². The molecule has 0 aliphatic rings. The molecule has 0 fully saturated rings. The highest BCUT2D eigenvalue weighted by Gasteiger charge is 2.14. The molecule has 1 amide bonds. The third-order valence-corrected chi connectivity index (χ3v) is 1.91. The number of rotatable bonds is 4. The largest absolute Gasteiger partial charge is 0.375 e. The minimum atomic E-state index is -0.683. The number of hydrogen-bond acceptors (Lipinski definition) is 3. The standard InChI is InChI=1S/C9H10NO3P/c11-8(9(12)10-6-14-13)7-4-2-1-3-5-7/h1-5,13-14H,6H2,(H,10,12). The van der Waals surface area contributed by atoms with Gasteiger partial charge in [0, 0.05) is 14.4 Å². The van der Waals surface area contributed by atoms with Crippen LogP contribution >= 0.6 is 8.81 Å². The summed E-state index contributed by atoms with van der Waals surface area (Å²) in [4.78, 5) is 31.0. The molecule has 0 spiro atoms. The molecule has 1 rings (SSSR count). The molecule has 1 aromatic carbocycles. The maximum absolute atomic E-state index is 11.4. The molecule has 1 aromatic rings. The average molecular weight is 211 g/mol. The minimum absolute atomic E-state index is 0.122. The molecule has 74 valence electrons. The van der Waals surface area contributed by atoms with Gasteiger partial charge in [-0.2, -0.15) is 0 Å². The van der Waals surface area contributed by atoms with Crippen LogP contribution in [0.15, 0.2) is 30.3 Å². The Hall–Kier alpha value is -1.25. The highest BCUT2D eigenvalue weighted by Crippen LogP contribution is 2.01. The molecule has 2 N–H and O–H groups in total. The van der Waals surface area contributed by atoms with Crippen molar-refractivity contribution in [2.45, 2.75) is 0 Å². The quantitative estimate of drug-likeness (QED) is 0.433. The number of carbonyl (C=O) groups is 2. The summed E-state index contributed by atoms with van der Waals surface area (Å²) in [5.74, 6) is -1.26. The maximum Gasteiger partial charge on any atom is 0.292 e. The topological polar surface area (TPSA) is 66.4 Å². The summed E-state index contributed by atoms with van der Waals surface area (Å²) >= 11 is 0. The van der Waals surface area contributed by atoms with Gasteiger partial charge in [0.2, 0.25) is 5.78 Å². The van der Waals surface area contributed by atoms with Crippen LogP contribution in [0.25, 0.3) is 0 Å². The average Bonchev–Trinajstić information content (AvgIpc) is 2.26. The van der Waals surface area contributed by atoms with Crippen LogP contribution in [0.2, 0.25) is 0 Å². The van der Waals surface area contributed by atoms with Gasteiger partial charge in [-0.3, -0.25) is 9.59 Å². The Morgan fingerprint density at radius 3 is 2.50 bits per heavy atom. The van der Waals surface area contributed by atoms with E-state index in [0.29, 0.717) is 5.56 Å². The molecule has 0 saturated heterocycles. The van der Waals surface area contributed by atoms with E-state index in [1.807, 2.05) is 0 Å². The smallest absolute Gasteiger partial charge is 0.292 e. The number of hydrogen-bond donors (Lipinski definition) is 2. The summed E-state index contributed by atoms with van der Waals surface area (Å²) in [6.45, 7) is 0. The number of Topliss-reactive ketones (excluding diaryl/α,β-unsaturated/α-hetero) is 1. The number of benzene rings is 1. The van der Waals surface area contributed by atoms with Gasteiger partial charge in [-0.25, -0.2) is 0 Å². The van der Waals surface area contributed by atoms with Gasteiger partial charge in [-0.1, -0.05) is 30.3 Å². The second kappa shape index (κ2) is 5.47. The van der Waals surface area contributed by atoms with Gasteiger partial charge in [0.05, 0.1) is 6.29 Å². The van der Waals surface area contributed by atoms with Gasteiger partial charge in [0.25, 0.3) is 5.91 Å². The predicted octanol–water partition coefficient (Wildman–Crippen LogP) is 0.529. The predicted molar refractivity (Wildman–Crippen MR) is 54.3 cm³/mol.